The van der Waals surface area contributed by atoms with Crippen LogP contribution in [-0.4, -0.2) is 21.2 Å². The Balaban J connectivity index is 3.15. The van der Waals surface area contributed by atoms with Gasteiger partial charge < -0.3 is 5.73 Å². The Bertz CT molecular complexity index is 424. The van der Waals surface area contributed by atoms with Gasteiger partial charge in [0.2, 0.25) is 0 Å². The van der Waals surface area contributed by atoms with Gasteiger partial charge in [0.05, 0.1) is 4.90 Å². The molecule has 0 aliphatic carbocycles. The van der Waals surface area contributed by atoms with Crippen molar-refractivity contribution in [2.75, 3.05) is 12.8 Å². The molecule has 0 fully saturated rings. The standard InChI is InChI=1S/C10H15NO2S/c1-8-7-9(5-6-11)3-4-10(8)14(2,12)13/h3-4,7H,5-6,11H2,1-2H3. The molecule has 0 saturated carbocycles. The summed E-state index contributed by atoms with van der Waals surface area (Å²) in [6.45, 7) is 2.38. The van der Waals surface area contributed by atoms with Crippen LogP contribution in [0.15, 0.2) is 23.1 Å². The van der Waals surface area contributed by atoms with Gasteiger partial charge in [0.1, 0.15) is 0 Å². The van der Waals surface area contributed by atoms with Crippen molar-refractivity contribution in [2.24, 2.45) is 5.73 Å². The van der Waals surface area contributed by atoms with Crippen molar-refractivity contribution in [1.29, 1.82) is 0 Å². The maximum atomic E-state index is 11.3. The molecule has 2 N–H and O–H groups in total. The van der Waals surface area contributed by atoms with Gasteiger partial charge in [-0.05, 0) is 37.1 Å². The van der Waals surface area contributed by atoms with Crippen LogP contribution in [0.5, 0.6) is 0 Å². The maximum Gasteiger partial charge on any atom is 0.175 e. The van der Waals surface area contributed by atoms with Crippen LogP contribution in [-0.2, 0) is 16.3 Å². The molecule has 0 heterocycles. The summed E-state index contributed by atoms with van der Waals surface area (Å²) in [5.74, 6) is 0. The molecule has 1 rings (SSSR count). The van der Waals surface area contributed by atoms with E-state index in [1.807, 2.05) is 12.1 Å². The molecule has 0 bridgehead atoms. The van der Waals surface area contributed by atoms with Gasteiger partial charge in [-0.2, -0.15) is 0 Å². The zero-order valence-corrected chi connectivity index (χ0v) is 9.26. The van der Waals surface area contributed by atoms with Crippen LogP contribution in [0.4, 0.5) is 0 Å². The summed E-state index contributed by atoms with van der Waals surface area (Å²) in [4.78, 5) is 0.401. The van der Waals surface area contributed by atoms with E-state index in [-0.39, 0.29) is 0 Å². The van der Waals surface area contributed by atoms with Crippen molar-refractivity contribution in [3.8, 4) is 0 Å². The van der Waals surface area contributed by atoms with Crippen molar-refractivity contribution >= 4 is 9.84 Å². The highest BCUT2D eigenvalue weighted by atomic mass is 32.2. The monoisotopic (exact) mass is 213 g/mol. The Morgan fingerprint density at radius 2 is 2.00 bits per heavy atom. The minimum Gasteiger partial charge on any atom is -0.330 e. The largest absolute Gasteiger partial charge is 0.330 e. The Hall–Kier alpha value is -0.870. The van der Waals surface area contributed by atoms with E-state index in [9.17, 15) is 8.42 Å². The summed E-state index contributed by atoms with van der Waals surface area (Å²) in [5.41, 5.74) is 7.29. The highest BCUT2D eigenvalue weighted by Gasteiger charge is 2.10. The topological polar surface area (TPSA) is 60.2 Å². The number of hydrogen-bond donors (Lipinski definition) is 1. The molecule has 0 aliphatic rings. The Morgan fingerprint density at radius 1 is 1.36 bits per heavy atom. The van der Waals surface area contributed by atoms with E-state index in [2.05, 4.69) is 0 Å². The number of hydrogen-bond acceptors (Lipinski definition) is 3. The third kappa shape index (κ3) is 2.56. The fraction of sp³-hybridized carbons (Fsp3) is 0.400. The van der Waals surface area contributed by atoms with Gasteiger partial charge >= 0.3 is 0 Å². The first-order valence-corrected chi connectivity index (χ1v) is 6.34. The summed E-state index contributed by atoms with van der Waals surface area (Å²) in [7, 11) is -3.10. The van der Waals surface area contributed by atoms with Crippen LogP contribution in [0.25, 0.3) is 0 Å². The van der Waals surface area contributed by atoms with Crippen LogP contribution >= 0.6 is 0 Å². The van der Waals surface area contributed by atoms with Gasteiger partial charge in [0.25, 0.3) is 0 Å². The summed E-state index contributed by atoms with van der Waals surface area (Å²) in [6.07, 6.45) is 2.00. The Morgan fingerprint density at radius 3 is 2.43 bits per heavy atom. The zero-order chi connectivity index (χ0) is 10.8. The lowest BCUT2D eigenvalue weighted by Crippen LogP contribution is -2.05. The van der Waals surface area contributed by atoms with Gasteiger partial charge in [0, 0.05) is 6.26 Å². The predicted molar refractivity (Wildman–Crippen MR) is 57.0 cm³/mol. The van der Waals surface area contributed by atoms with Gasteiger partial charge in [-0.1, -0.05) is 12.1 Å². The first-order chi connectivity index (χ1) is 6.45. The summed E-state index contributed by atoms with van der Waals surface area (Å²) < 4.78 is 22.6. The lowest BCUT2D eigenvalue weighted by atomic mass is 10.1. The minimum atomic E-state index is -3.10. The highest BCUT2D eigenvalue weighted by molar-refractivity contribution is 7.90. The van der Waals surface area contributed by atoms with Crippen LogP contribution in [0, 0.1) is 6.92 Å². The molecule has 0 amide bonds. The molecule has 1 aromatic rings. The number of rotatable bonds is 3. The van der Waals surface area contributed by atoms with Crippen LogP contribution in [0.1, 0.15) is 11.1 Å². The molecular formula is C10H15NO2S. The van der Waals surface area contributed by atoms with Gasteiger partial charge in [-0.15, -0.1) is 0 Å². The number of benzene rings is 1. The average Bonchev–Trinajstić information content (AvgIpc) is 2.02. The fourth-order valence-corrected chi connectivity index (χ4v) is 2.41. The zero-order valence-electron chi connectivity index (χ0n) is 8.45. The average molecular weight is 213 g/mol. The van der Waals surface area contributed by atoms with E-state index in [1.165, 1.54) is 6.26 Å². The third-order valence-corrected chi connectivity index (χ3v) is 3.33. The molecule has 3 nitrogen and oxygen atoms in total. The molecule has 4 heteroatoms. The second kappa shape index (κ2) is 4.11. The van der Waals surface area contributed by atoms with Gasteiger partial charge in [-0.3, -0.25) is 0 Å². The third-order valence-electron chi connectivity index (χ3n) is 2.07. The lowest BCUT2D eigenvalue weighted by Gasteiger charge is -2.05. The molecule has 78 valence electrons. The van der Waals surface area contributed by atoms with E-state index in [0.29, 0.717) is 11.4 Å². The van der Waals surface area contributed by atoms with Crippen LogP contribution < -0.4 is 5.73 Å². The van der Waals surface area contributed by atoms with Crippen molar-refractivity contribution in [3.63, 3.8) is 0 Å². The first kappa shape index (κ1) is 11.2. The van der Waals surface area contributed by atoms with E-state index in [1.54, 1.807) is 13.0 Å². The molecule has 14 heavy (non-hydrogen) atoms. The molecule has 0 aromatic heterocycles. The molecule has 0 unspecified atom stereocenters. The smallest absolute Gasteiger partial charge is 0.175 e. The van der Waals surface area contributed by atoms with E-state index in [0.717, 1.165) is 17.5 Å². The highest BCUT2D eigenvalue weighted by Crippen LogP contribution is 2.16. The molecule has 0 radical (unpaired) electrons. The van der Waals surface area contributed by atoms with Crippen molar-refractivity contribution in [1.82, 2.24) is 0 Å². The summed E-state index contributed by atoms with van der Waals surface area (Å²) in [6, 6.07) is 5.34. The number of nitrogens with two attached hydrogens (primary N) is 1. The molecule has 0 saturated heterocycles. The normalized spacial score (nSPS) is 11.6. The lowest BCUT2D eigenvalue weighted by molar-refractivity contribution is 0.601. The van der Waals surface area contributed by atoms with Gasteiger partial charge in [0.15, 0.2) is 9.84 Å². The van der Waals surface area contributed by atoms with E-state index in [4.69, 9.17) is 5.73 Å². The Labute approximate surface area is 84.9 Å². The summed E-state index contributed by atoms with van der Waals surface area (Å²) in [5, 5.41) is 0. The van der Waals surface area contributed by atoms with Crippen LogP contribution in [0.2, 0.25) is 0 Å². The van der Waals surface area contributed by atoms with Crippen molar-refractivity contribution in [2.45, 2.75) is 18.2 Å². The van der Waals surface area contributed by atoms with E-state index >= 15 is 0 Å². The molecule has 0 spiro atoms. The Kier molecular flexibility index (Phi) is 3.29. The fourth-order valence-electron chi connectivity index (χ4n) is 1.45. The van der Waals surface area contributed by atoms with E-state index < -0.39 is 9.84 Å². The predicted octanol–water partition coefficient (Wildman–Crippen LogP) is 0.900. The number of sulfone groups is 1. The quantitative estimate of drug-likeness (QED) is 0.811. The second-order valence-electron chi connectivity index (χ2n) is 3.41. The number of aryl methyl sites for hydroxylation is 1. The molecule has 1 aromatic carbocycles. The van der Waals surface area contributed by atoms with Gasteiger partial charge in [-0.25, -0.2) is 8.42 Å². The second-order valence-corrected chi connectivity index (χ2v) is 5.39. The van der Waals surface area contributed by atoms with Crippen molar-refractivity contribution < 1.29 is 8.42 Å². The molecule has 0 aliphatic heterocycles. The van der Waals surface area contributed by atoms with Crippen LogP contribution in [0.3, 0.4) is 0 Å². The molecular weight excluding hydrogens is 198 g/mol. The minimum absolute atomic E-state index is 0.401. The SMILES string of the molecule is Cc1cc(CCN)ccc1S(C)(=O)=O. The summed E-state index contributed by atoms with van der Waals surface area (Å²) >= 11 is 0. The first-order valence-electron chi connectivity index (χ1n) is 4.45. The molecule has 0 atom stereocenters. The maximum absolute atomic E-state index is 11.3. The van der Waals surface area contributed by atoms with Crippen molar-refractivity contribution in [3.05, 3.63) is 29.3 Å².